The molecule has 0 radical (unpaired) electrons. The van der Waals surface area contributed by atoms with Crippen molar-refractivity contribution in [1.29, 1.82) is 0 Å². The number of rotatable bonds is 7. The Labute approximate surface area is 183 Å². The highest BCUT2D eigenvalue weighted by Crippen LogP contribution is 2.63. The standard InChI is InChI=1S/C25H28ClNO3/c1-3-21(27-24(28)16-9-11-18(26)12-10-16)23-19-13-17(14-20(19)23)22(25(29)30-2)15-7-5-4-6-8-15/h4-12,17,19-23H,3,13-14H2,1-2H3,(H,27,28)/t17-,19-,20+,21-,22-,23+/m0/s1. The van der Waals surface area contributed by atoms with Gasteiger partial charge in [-0.1, -0.05) is 48.9 Å². The zero-order valence-corrected chi connectivity index (χ0v) is 18.1. The number of esters is 1. The van der Waals surface area contributed by atoms with Crippen molar-refractivity contribution in [2.24, 2.45) is 23.7 Å². The maximum Gasteiger partial charge on any atom is 0.313 e. The number of methoxy groups -OCH3 is 1. The number of fused-ring (bicyclic) bond motifs is 1. The molecule has 1 amide bonds. The molecule has 0 aliphatic heterocycles. The quantitative estimate of drug-likeness (QED) is 0.629. The van der Waals surface area contributed by atoms with E-state index in [0.29, 0.717) is 34.3 Å². The van der Waals surface area contributed by atoms with Crippen LogP contribution in [0.3, 0.4) is 0 Å². The summed E-state index contributed by atoms with van der Waals surface area (Å²) >= 11 is 5.93. The van der Waals surface area contributed by atoms with Crippen LogP contribution in [0.25, 0.3) is 0 Å². The van der Waals surface area contributed by atoms with Gasteiger partial charge >= 0.3 is 5.97 Å². The van der Waals surface area contributed by atoms with Gasteiger partial charge in [0.15, 0.2) is 0 Å². The molecule has 30 heavy (non-hydrogen) atoms. The van der Waals surface area contributed by atoms with Gasteiger partial charge in [-0.25, -0.2) is 0 Å². The van der Waals surface area contributed by atoms with E-state index in [1.54, 1.807) is 24.3 Å². The van der Waals surface area contributed by atoms with Crippen LogP contribution in [0.15, 0.2) is 54.6 Å². The minimum atomic E-state index is -0.201. The number of hydrogen-bond donors (Lipinski definition) is 1. The molecule has 2 aliphatic rings. The Bertz CT molecular complexity index is 886. The Balaban J connectivity index is 1.40. The minimum absolute atomic E-state index is 0.0447. The van der Waals surface area contributed by atoms with Gasteiger partial charge in [0, 0.05) is 16.6 Å². The van der Waals surface area contributed by atoms with Crippen LogP contribution in [0.4, 0.5) is 0 Å². The highest BCUT2D eigenvalue weighted by atomic mass is 35.5. The summed E-state index contributed by atoms with van der Waals surface area (Å²) in [6, 6.07) is 17.1. The van der Waals surface area contributed by atoms with Crippen molar-refractivity contribution >= 4 is 23.5 Å². The molecule has 2 aromatic rings. The van der Waals surface area contributed by atoms with E-state index >= 15 is 0 Å². The molecule has 2 aromatic carbocycles. The summed E-state index contributed by atoms with van der Waals surface area (Å²) in [4.78, 5) is 25.2. The lowest BCUT2D eigenvalue weighted by Gasteiger charge is -2.26. The summed E-state index contributed by atoms with van der Waals surface area (Å²) in [5, 5.41) is 3.85. The van der Waals surface area contributed by atoms with Gasteiger partial charge in [0.25, 0.3) is 5.91 Å². The number of carbonyl (C=O) groups is 2. The molecule has 158 valence electrons. The number of ether oxygens (including phenoxy) is 1. The van der Waals surface area contributed by atoms with Crippen molar-refractivity contribution in [3.8, 4) is 0 Å². The fourth-order valence-electron chi connectivity index (χ4n) is 5.51. The summed E-state index contributed by atoms with van der Waals surface area (Å²) in [6.45, 7) is 2.12. The van der Waals surface area contributed by atoms with E-state index in [0.717, 1.165) is 24.8 Å². The molecule has 0 unspecified atom stereocenters. The molecule has 1 N–H and O–H groups in total. The molecule has 0 saturated heterocycles. The lowest BCUT2D eigenvalue weighted by molar-refractivity contribution is -0.144. The second-order valence-corrected chi connectivity index (χ2v) is 8.98. The molecule has 5 heteroatoms. The topological polar surface area (TPSA) is 55.4 Å². The third-order valence-corrected chi connectivity index (χ3v) is 7.21. The SMILES string of the molecule is CC[C@H](NC(=O)c1ccc(Cl)cc1)[C@H]1[C@@H]2C[C@@H]([C@@H](C(=O)OC)c3ccccc3)C[C@@H]21. The van der Waals surface area contributed by atoms with E-state index in [1.807, 2.05) is 30.3 Å². The molecular weight excluding hydrogens is 398 g/mol. The van der Waals surface area contributed by atoms with E-state index < -0.39 is 0 Å². The lowest BCUT2D eigenvalue weighted by Crippen LogP contribution is -2.37. The van der Waals surface area contributed by atoms with E-state index in [4.69, 9.17) is 16.3 Å². The number of halogens is 1. The van der Waals surface area contributed by atoms with Gasteiger partial charge in [-0.3, -0.25) is 9.59 Å². The van der Waals surface area contributed by atoms with Crippen molar-refractivity contribution in [1.82, 2.24) is 5.32 Å². The highest BCUT2D eigenvalue weighted by molar-refractivity contribution is 6.30. The van der Waals surface area contributed by atoms with Crippen molar-refractivity contribution in [3.05, 3.63) is 70.7 Å². The minimum Gasteiger partial charge on any atom is -0.469 e. The van der Waals surface area contributed by atoms with Gasteiger partial charge in [-0.2, -0.15) is 0 Å². The normalized spacial score (nSPS) is 26.4. The number of benzene rings is 2. The van der Waals surface area contributed by atoms with Gasteiger partial charge < -0.3 is 10.1 Å². The molecular formula is C25H28ClNO3. The predicted octanol–water partition coefficient (Wildman–Crippen LogP) is 5.08. The summed E-state index contributed by atoms with van der Waals surface area (Å²) in [7, 11) is 1.47. The van der Waals surface area contributed by atoms with Crippen LogP contribution in [-0.2, 0) is 9.53 Å². The number of nitrogens with one attached hydrogen (secondary N) is 1. The second kappa shape index (κ2) is 8.81. The summed E-state index contributed by atoms with van der Waals surface area (Å²) < 4.78 is 5.13. The third-order valence-electron chi connectivity index (χ3n) is 6.96. The average Bonchev–Trinajstić information content (AvgIpc) is 3.25. The van der Waals surface area contributed by atoms with Crippen molar-refractivity contribution in [2.75, 3.05) is 7.11 Å². The Kier molecular flexibility index (Phi) is 6.14. The van der Waals surface area contributed by atoms with Crippen LogP contribution in [-0.4, -0.2) is 25.0 Å². The van der Waals surface area contributed by atoms with Gasteiger partial charge in [-0.15, -0.1) is 0 Å². The number of hydrogen-bond acceptors (Lipinski definition) is 3. The van der Waals surface area contributed by atoms with Crippen LogP contribution >= 0.6 is 11.6 Å². The molecule has 4 nitrogen and oxygen atoms in total. The van der Waals surface area contributed by atoms with Crippen molar-refractivity contribution in [3.63, 3.8) is 0 Å². The van der Waals surface area contributed by atoms with E-state index in [-0.39, 0.29) is 23.8 Å². The molecule has 2 fully saturated rings. The Morgan fingerprint density at radius 2 is 1.70 bits per heavy atom. The summed E-state index contributed by atoms with van der Waals surface area (Å²) in [5.41, 5.74) is 1.67. The summed E-state index contributed by atoms with van der Waals surface area (Å²) in [5.74, 6) is 1.55. The van der Waals surface area contributed by atoms with Crippen molar-refractivity contribution in [2.45, 2.75) is 38.1 Å². The highest BCUT2D eigenvalue weighted by Gasteiger charge is 2.60. The number of amides is 1. The van der Waals surface area contributed by atoms with Gasteiger partial charge in [0.1, 0.15) is 0 Å². The van der Waals surface area contributed by atoms with E-state index in [2.05, 4.69) is 12.2 Å². The fourth-order valence-corrected chi connectivity index (χ4v) is 5.64. The first-order valence-electron chi connectivity index (χ1n) is 10.7. The van der Waals surface area contributed by atoms with Crippen LogP contribution in [0.1, 0.15) is 48.0 Å². The molecule has 2 aliphatic carbocycles. The van der Waals surface area contributed by atoms with Crippen LogP contribution in [0.5, 0.6) is 0 Å². The van der Waals surface area contributed by atoms with E-state index in [1.165, 1.54) is 7.11 Å². The lowest BCUT2D eigenvalue weighted by atomic mass is 9.81. The molecule has 0 heterocycles. The number of carbonyl (C=O) groups excluding carboxylic acids is 2. The first-order valence-corrected chi connectivity index (χ1v) is 11.1. The van der Waals surface area contributed by atoms with Gasteiger partial charge in [0.2, 0.25) is 0 Å². The predicted molar refractivity (Wildman–Crippen MR) is 117 cm³/mol. The molecule has 0 aromatic heterocycles. The maximum absolute atomic E-state index is 12.6. The molecule has 2 saturated carbocycles. The monoisotopic (exact) mass is 425 g/mol. The van der Waals surface area contributed by atoms with Gasteiger partial charge in [-0.05, 0) is 72.8 Å². The second-order valence-electron chi connectivity index (χ2n) is 8.54. The molecule has 4 rings (SSSR count). The molecule has 0 spiro atoms. The molecule has 0 bridgehead atoms. The largest absolute Gasteiger partial charge is 0.469 e. The van der Waals surface area contributed by atoms with Crippen LogP contribution < -0.4 is 5.32 Å². The third kappa shape index (κ3) is 4.11. The molecule has 6 atom stereocenters. The van der Waals surface area contributed by atoms with Gasteiger partial charge in [0.05, 0.1) is 13.0 Å². The zero-order valence-electron chi connectivity index (χ0n) is 17.4. The zero-order chi connectivity index (χ0) is 21.3. The Morgan fingerprint density at radius 3 is 2.27 bits per heavy atom. The first kappa shape index (κ1) is 20.9. The fraction of sp³-hybridized carbons (Fsp3) is 0.440. The first-order chi connectivity index (χ1) is 14.5. The summed E-state index contributed by atoms with van der Waals surface area (Å²) in [6.07, 6.45) is 2.93. The van der Waals surface area contributed by atoms with Crippen LogP contribution in [0.2, 0.25) is 5.02 Å². The average molecular weight is 426 g/mol. The van der Waals surface area contributed by atoms with Crippen LogP contribution in [0, 0.1) is 23.7 Å². The van der Waals surface area contributed by atoms with E-state index in [9.17, 15) is 9.59 Å². The van der Waals surface area contributed by atoms with Crippen molar-refractivity contribution < 1.29 is 14.3 Å². The Hall–Kier alpha value is -2.33. The maximum atomic E-state index is 12.6. The Morgan fingerprint density at radius 1 is 1.07 bits per heavy atom. The smallest absolute Gasteiger partial charge is 0.313 e.